The molecule has 1 aromatic heterocycles. The average Bonchev–Trinajstić information content (AvgIpc) is 2.33. The van der Waals surface area contributed by atoms with Crippen molar-refractivity contribution in [2.24, 2.45) is 0 Å². The van der Waals surface area contributed by atoms with Crippen LogP contribution in [0.4, 0.5) is 26.3 Å². The number of hydrogen-bond acceptors (Lipinski definition) is 3. The van der Waals surface area contributed by atoms with Crippen LogP contribution in [0.15, 0.2) is 0 Å². The summed E-state index contributed by atoms with van der Waals surface area (Å²) in [5, 5.41) is 0. The van der Waals surface area contributed by atoms with Gasteiger partial charge in [0.15, 0.2) is 11.6 Å². The van der Waals surface area contributed by atoms with Crippen LogP contribution in [0, 0.1) is 17.6 Å². The number of methoxy groups -OCH3 is 2. The van der Waals surface area contributed by atoms with Crippen molar-refractivity contribution < 1.29 is 35.8 Å². The van der Waals surface area contributed by atoms with Gasteiger partial charge in [0.25, 0.3) is 11.8 Å². The smallest absolute Gasteiger partial charge is 0.391 e. The Bertz CT molecular complexity index is 453. The molecule has 0 spiro atoms. The van der Waals surface area contributed by atoms with Crippen LogP contribution in [0.5, 0.6) is 5.88 Å². The summed E-state index contributed by atoms with van der Waals surface area (Å²) in [6, 6.07) is 0. The van der Waals surface area contributed by atoms with E-state index in [4.69, 9.17) is 0 Å². The number of pyridine rings is 1. The first-order valence-electron chi connectivity index (χ1n) is 4.41. The lowest BCUT2D eigenvalue weighted by atomic mass is 10.1. The van der Waals surface area contributed by atoms with Crippen molar-refractivity contribution in [3.63, 3.8) is 0 Å². The van der Waals surface area contributed by atoms with Gasteiger partial charge in [-0.05, 0) is 0 Å². The molecule has 0 aliphatic rings. The minimum atomic E-state index is -4.53. The largest absolute Gasteiger partial charge is 0.479 e. The summed E-state index contributed by atoms with van der Waals surface area (Å²) in [5.41, 5.74) is -1.84. The molecule has 0 amide bonds. The van der Waals surface area contributed by atoms with Gasteiger partial charge < -0.3 is 9.47 Å². The van der Waals surface area contributed by atoms with Crippen molar-refractivity contribution in [3.8, 4) is 5.88 Å². The van der Waals surface area contributed by atoms with Crippen molar-refractivity contribution in [2.45, 2.75) is 12.3 Å². The van der Waals surface area contributed by atoms with E-state index in [9.17, 15) is 26.3 Å². The predicted molar refractivity (Wildman–Crippen MR) is 46.5 cm³/mol. The number of rotatable bonds is 4. The maximum absolute atomic E-state index is 13.4. The maximum Gasteiger partial charge on any atom is 0.391 e. The van der Waals surface area contributed by atoms with Gasteiger partial charge in [0.1, 0.15) is 0 Å². The number of hydrogen-bond donors (Lipinski definition) is 0. The van der Waals surface area contributed by atoms with Crippen molar-refractivity contribution in [2.75, 3.05) is 14.2 Å². The Morgan fingerprint density at radius 1 is 1.11 bits per heavy atom. The number of nitrogens with zero attached hydrogens (tertiary/aromatic N) is 1. The van der Waals surface area contributed by atoms with Crippen LogP contribution < -0.4 is 4.74 Å². The first kappa shape index (κ1) is 14.6. The van der Waals surface area contributed by atoms with Crippen LogP contribution in [0.3, 0.4) is 0 Å². The van der Waals surface area contributed by atoms with E-state index in [1.54, 1.807) is 0 Å². The van der Waals surface area contributed by atoms with E-state index >= 15 is 0 Å². The molecule has 0 radical (unpaired) electrons. The van der Waals surface area contributed by atoms with Crippen LogP contribution >= 0.6 is 0 Å². The normalized spacial score (nSPS) is 13.6. The van der Waals surface area contributed by atoms with E-state index in [2.05, 4.69) is 14.5 Å². The molecule has 1 heterocycles. The molecule has 0 fully saturated rings. The summed E-state index contributed by atoms with van der Waals surface area (Å²) >= 11 is 0. The van der Waals surface area contributed by atoms with Crippen LogP contribution in [0.1, 0.15) is 11.7 Å². The molecule has 0 saturated carbocycles. The zero-order valence-electron chi connectivity index (χ0n) is 9.11. The molecule has 0 aromatic carbocycles. The predicted octanol–water partition coefficient (Wildman–Crippen LogP) is 2.76. The highest BCUT2D eigenvalue weighted by atomic mass is 19.3. The second-order valence-electron chi connectivity index (χ2n) is 3.08. The van der Waals surface area contributed by atoms with Gasteiger partial charge in [-0.3, -0.25) is 0 Å². The van der Waals surface area contributed by atoms with Gasteiger partial charge in [-0.1, -0.05) is 0 Å². The van der Waals surface area contributed by atoms with Gasteiger partial charge in [0, 0.05) is 7.11 Å². The van der Waals surface area contributed by atoms with Crippen molar-refractivity contribution in [3.05, 3.63) is 23.1 Å². The lowest BCUT2D eigenvalue weighted by Crippen LogP contribution is -2.27. The summed E-state index contributed by atoms with van der Waals surface area (Å²) < 4.78 is 86.1. The highest BCUT2D eigenvalue weighted by Gasteiger charge is 2.46. The summed E-state index contributed by atoms with van der Waals surface area (Å²) in [7, 11) is 1.26. The van der Waals surface area contributed by atoms with E-state index in [0.717, 1.165) is 7.11 Å². The van der Waals surface area contributed by atoms with Gasteiger partial charge in [-0.2, -0.15) is 18.2 Å². The van der Waals surface area contributed by atoms with Crippen LogP contribution in [-0.2, 0) is 4.74 Å². The molecular weight excluding hydrogens is 268 g/mol. The third-order valence-electron chi connectivity index (χ3n) is 2.06. The zero-order chi connectivity index (χ0) is 14.1. The van der Waals surface area contributed by atoms with Gasteiger partial charge in [0.2, 0.25) is 6.17 Å². The fourth-order valence-corrected chi connectivity index (χ4v) is 1.14. The standard InChI is InChI=1S/C9H7F6NO2/c1-17-8-5(11)3(4(10)7(13)16-8)6(12)9(14,15)18-2/h6H,1-2H3. The Labute approximate surface area is 97.3 Å². The molecule has 0 aliphatic carbocycles. The quantitative estimate of drug-likeness (QED) is 0.625. The molecule has 1 atom stereocenters. The zero-order valence-corrected chi connectivity index (χ0v) is 9.11. The molecule has 0 bridgehead atoms. The van der Waals surface area contributed by atoms with Crippen molar-refractivity contribution in [1.29, 1.82) is 0 Å². The molecule has 1 unspecified atom stereocenters. The van der Waals surface area contributed by atoms with Gasteiger partial charge >= 0.3 is 6.11 Å². The third kappa shape index (κ3) is 2.35. The summed E-state index contributed by atoms with van der Waals surface area (Å²) in [4.78, 5) is 2.65. The molecule has 9 heteroatoms. The molecule has 0 saturated heterocycles. The fraction of sp³-hybridized carbons (Fsp3) is 0.444. The molecule has 0 aliphatic heterocycles. The molecule has 18 heavy (non-hydrogen) atoms. The van der Waals surface area contributed by atoms with Crippen LogP contribution in [0.25, 0.3) is 0 Å². The molecule has 1 rings (SSSR count). The van der Waals surface area contributed by atoms with Crippen molar-refractivity contribution in [1.82, 2.24) is 4.98 Å². The lowest BCUT2D eigenvalue weighted by molar-refractivity contribution is -0.262. The highest BCUT2D eigenvalue weighted by molar-refractivity contribution is 5.28. The van der Waals surface area contributed by atoms with Crippen molar-refractivity contribution >= 4 is 0 Å². The average molecular weight is 275 g/mol. The Balaban J connectivity index is 3.44. The summed E-state index contributed by atoms with van der Waals surface area (Å²) in [6.07, 6.45) is -8.07. The summed E-state index contributed by atoms with van der Waals surface area (Å²) in [5.74, 6) is -7.13. The van der Waals surface area contributed by atoms with Gasteiger partial charge in [-0.25, -0.2) is 13.2 Å². The highest BCUT2D eigenvalue weighted by Crippen LogP contribution is 2.39. The Morgan fingerprint density at radius 2 is 1.67 bits per heavy atom. The van der Waals surface area contributed by atoms with Crippen LogP contribution in [0.2, 0.25) is 0 Å². The first-order chi connectivity index (χ1) is 8.26. The third-order valence-corrected chi connectivity index (χ3v) is 2.06. The molecule has 1 aromatic rings. The fourth-order valence-electron chi connectivity index (χ4n) is 1.14. The maximum atomic E-state index is 13.4. The second-order valence-corrected chi connectivity index (χ2v) is 3.08. The number of aromatic nitrogens is 1. The molecule has 102 valence electrons. The van der Waals surface area contributed by atoms with E-state index < -0.39 is 41.3 Å². The minimum Gasteiger partial charge on any atom is -0.479 e. The van der Waals surface area contributed by atoms with Gasteiger partial charge in [0.05, 0.1) is 12.7 Å². The molecular formula is C9H7F6NO2. The Morgan fingerprint density at radius 3 is 2.11 bits per heavy atom. The monoisotopic (exact) mass is 275 g/mol. The first-order valence-corrected chi connectivity index (χ1v) is 4.41. The SMILES string of the molecule is COc1nc(F)c(F)c(C(F)C(F)(F)OC)c1F. The number of halogens is 6. The minimum absolute atomic E-state index is 0.428. The molecule has 3 nitrogen and oxygen atoms in total. The topological polar surface area (TPSA) is 31.4 Å². The van der Waals surface area contributed by atoms with E-state index in [1.807, 2.05) is 0 Å². The number of ether oxygens (including phenoxy) is 2. The Kier molecular flexibility index (Phi) is 4.05. The van der Waals surface area contributed by atoms with E-state index in [0.29, 0.717) is 7.11 Å². The molecule has 0 N–H and O–H groups in total. The second kappa shape index (κ2) is 5.01. The van der Waals surface area contributed by atoms with Gasteiger partial charge in [-0.15, -0.1) is 0 Å². The summed E-state index contributed by atoms with van der Waals surface area (Å²) in [6.45, 7) is 0. The number of alkyl halides is 3. The van der Waals surface area contributed by atoms with Crippen LogP contribution in [-0.4, -0.2) is 25.3 Å². The Hall–Kier alpha value is -1.51. The van der Waals surface area contributed by atoms with E-state index in [-0.39, 0.29) is 0 Å². The lowest BCUT2D eigenvalue weighted by Gasteiger charge is -2.20. The van der Waals surface area contributed by atoms with E-state index in [1.165, 1.54) is 0 Å².